The van der Waals surface area contributed by atoms with Crippen LogP contribution in [0.4, 0.5) is 0 Å². The highest BCUT2D eigenvalue weighted by molar-refractivity contribution is 7.89. The molecule has 2 rings (SSSR count). The van der Waals surface area contributed by atoms with Gasteiger partial charge in [0.15, 0.2) is 0 Å². The largest absolute Gasteiger partial charge is 0.326 e. The first kappa shape index (κ1) is 13.1. The van der Waals surface area contributed by atoms with Crippen molar-refractivity contribution >= 4 is 33.2 Å². The lowest BCUT2D eigenvalue weighted by atomic mass is 10.3. The molecular weight excluding hydrogens is 283 g/mol. The van der Waals surface area contributed by atoms with E-state index in [1.54, 1.807) is 6.07 Å². The predicted octanol–water partition coefficient (Wildman–Crippen LogP) is 1.72. The number of sulfonamides is 1. The molecule has 0 bridgehead atoms. The summed E-state index contributed by atoms with van der Waals surface area (Å²) in [6, 6.07) is 4.29. The van der Waals surface area contributed by atoms with Gasteiger partial charge >= 0.3 is 0 Å². The second-order valence-electron chi connectivity index (χ2n) is 3.99. The van der Waals surface area contributed by atoms with E-state index in [-0.39, 0.29) is 16.0 Å². The van der Waals surface area contributed by atoms with E-state index in [2.05, 4.69) is 0 Å². The Labute approximate surface area is 110 Å². The van der Waals surface area contributed by atoms with Crippen LogP contribution in [0.3, 0.4) is 0 Å². The Hall–Kier alpha value is -0.330. The van der Waals surface area contributed by atoms with Crippen molar-refractivity contribution in [2.24, 2.45) is 5.73 Å². The third-order valence-corrected chi connectivity index (χ3v) is 5.28. The molecule has 0 spiro atoms. The van der Waals surface area contributed by atoms with Crippen molar-refractivity contribution in [3.05, 3.63) is 28.2 Å². The summed E-state index contributed by atoms with van der Waals surface area (Å²) in [6.07, 6.45) is 0.664. The van der Waals surface area contributed by atoms with Crippen molar-refractivity contribution in [1.29, 1.82) is 0 Å². The molecule has 7 heteroatoms. The van der Waals surface area contributed by atoms with Gasteiger partial charge in [-0.25, -0.2) is 8.42 Å². The van der Waals surface area contributed by atoms with Gasteiger partial charge in [-0.15, -0.1) is 0 Å². The normalized spacial score (nSPS) is 21.9. The third kappa shape index (κ3) is 2.58. The summed E-state index contributed by atoms with van der Waals surface area (Å²) >= 11 is 11.7. The molecule has 2 N–H and O–H groups in total. The summed E-state index contributed by atoms with van der Waals surface area (Å²) in [5, 5.41) is 0.520. The van der Waals surface area contributed by atoms with Gasteiger partial charge in [0.05, 0.1) is 5.02 Å². The Morgan fingerprint density at radius 2 is 2.06 bits per heavy atom. The van der Waals surface area contributed by atoms with Crippen molar-refractivity contribution in [2.75, 3.05) is 13.1 Å². The van der Waals surface area contributed by atoms with Crippen LogP contribution in [0.1, 0.15) is 6.42 Å². The molecule has 1 aliphatic rings. The van der Waals surface area contributed by atoms with Gasteiger partial charge in [0.25, 0.3) is 0 Å². The van der Waals surface area contributed by atoms with Crippen LogP contribution in [-0.4, -0.2) is 31.9 Å². The molecule has 0 amide bonds. The molecule has 0 unspecified atom stereocenters. The van der Waals surface area contributed by atoms with Crippen molar-refractivity contribution in [3.8, 4) is 0 Å². The Bertz CT molecular complexity index is 533. The van der Waals surface area contributed by atoms with Crippen molar-refractivity contribution < 1.29 is 8.42 Å². The van der Waals surface area contributed by atoms with Gasteiger partial charge in [-0.2, -0.15) is 4.31 Å². The minimum atomic E-state index is -3.59. The number of nitrogens with zero attached hydrogens (tertiary/aromatic N) is 1. The molecule has 94 valence electrons. The van der Waals surface area contributed by atoms with Gasteiger partial charge in [0.2, 0.25) is 10.0 Å². The predicted molar refractivity (Wildman–Crippen MR) is 67.8 cm³/mol. The molecule has 4 nitrogen and oxygen atoms in total. The lowest BCUT2D eigenvalue weighted by Crippen LogP contribution is -2.32. The fraction of sp³-hybridized carbons (Fsp3) is 0.400. The molecule has 1 atom stereocenters. The van der Waals surface area contributed by atoms with E-state index in [9.17, 15) is 8.42 Å². The van der Waals surface area contributed by atoms with E-state index in [0.29, 0.717) is 24.5 Å². The third-order valence-electron chi connectivity index (χ3n) is 2.70. The molecule has 1 fully saturated rings. The van der Waals surface area contributed by atoms with Crippen LogP contribution >= 0.6 is 23.2 Å². The minimum Gasteiger partial charge on any atom is -0.326 e. The smallest absolute Gasteiger partial charge is 0.244 e. The molecule has 1 aliphatic heterocycles. The van der Waals surface area contributed by atoms with Gasteiger partial charge < -0.3 is 5.73 Å². The van der Waals surface area contributed by atoms with E-state index in [1.807, 2.05) is 0 Å². The van der Waals surface area contributed by atoms with Crippen molar-refractivity contribution in [3.63, 3.8) is 0 Å². The molecule has 0 saturated carbocycles. The summed E-state index contributed by atoms with van der Waals surface area (Å²) in [7, 11) is -3.59. The standard InChI is InChI=1S/C10H12Cl2N2O2S/c11-7-1-2-9(12)10(5-7)17(15,16)14-4-3-8(13)6-14/h1-2,5,8H,3-4,6,13H2/t8-/m0/s1. The van der Waals surface area contributed by atoms with Crippen LogP contribution in [0.15, 0.2) is 23.1 Å². The van der Waals surface area contributed by atoms with Crippen LogP contribution in [0.5, 0.6) is 0 Å². The van der Waals surface area contributed by atoms with Gasteiger partial charge in [0, 0.05) is 24.2 Å². The van der Waals surface area contributed by atoms with E-state index in [0.717, 1.165) is 0 Å². The quantitative estimate of drug-likeness (QED) is 0.903. The van der Waals surface area contributed by atoms with Crippen molar-refractivity contribution in [2.45, 2.75) is 17.4 Å². The van der Waals surface area contributed by atoms with E-state index < -0.39 is 10.0 Å². The summed E-state index contributed by atoms with van der Waals surface area (Å²) in [5.41, 5.74) is 5.70. The highest BCUT2D eigenvalue weighted by atomic mass is 35.5. The number of halogens is 2. The van der Waals surface area contributed by atoms with Crippen LogP contribution in [-0.2, 0) is 10.0 Å². The van der Waals surface area contributed by atoms with E-state index in [1.165, 1.54) is 16.4 Å². The summed E-state index contributed by atoms with van der Waals surface area (Å²) in [6.45, 7) is 0.748. The molecular formula is C10H12Cl2N2O2S. The van der Waals surface area contributed by atoms with Gasteiger partial charge in [-0.3, -0.25) is 0 Å². The molecule has 0 radical (unpaired) electrons. The zero-order valence-corrected chi connectivity index (χ0v) is 11.3. The van der Waals surface area contributed by atoms with Crippen LogP contribution in [0.25, 0.3) is 0 Å². The number of hydrogen-bond acceptors (Lipinski definition) is 3. The SMILES string of the molecule is N[C@H]1CCN(S(=O)(=O)c2cc(Cl)ccc2Cl)C1. The van der Waals surface area contributed by atoms with Gasteiger partial charge in [-0.1, -0.05) is 23.2 Å². The van der Waals surface area contributed by atoms with Crippen LogP contribution < -0.4 is 5.73 Å². The molecule has 1 aromatic carbocycles. The highest BCUT2D eigenvalue weighted by Gasteiger charge is 2.32. The van der Waals surface area contributed by atoms with Crippen LogP contribution in [0, 0.1) is 0 Å². The van der Waals surface area contributed by atoms with E-state index in [4.69, 9.17) is 28.9 Å². The minimum absolute atomic E-state index is 0.0424. The Balaban J connectivity index is 2.41. The van der Waals surface area contributed by atoms with Crippen LogP contribution in [0.2, 0.25) is 10.0 Å². The first-order valence-electron chi connectivity index (χ1n) is 5.12. The second-order valence-corrected chi connectivity index (χ2v) is 6.74. The first-order valence-corrected chi connectivity index (χ1v) is 7.31. The number of nitrogens with two attached hydrogens (primary N) is 1. The Morgan fingerprint density at radius 1 is 1.35 bits per heavy atom. The average molecular weight is 295 g/mol. The molecule has 1 heterocycles. The first-order chi connectivity index (χ1) is 7.91. The fourth-order valence-corrected chi connectivity index (χ4v) is 4.04. The zero-order valence-electron chi connectivity index (χ0n) is 8.94. The van der Waals surface area contributed by atoms with Crippen molar-refractivity contribution in [1.82, 2.24) is 4.31 Å². The summed E-state index contributed by atoms with van der Waals surface area (Å²) in [5.74, 6) is 0. The Kier molecular flexibility index (Phi) is 3.66. The average Bonchev–Trinajstić information content (AvgIpc) is 2.69. The monoisotopic (exact) mass is 294 g/mol. The van der Waals surface area contributed by atoms with Gasteiger partial charge in [-0.05, 0) is 24.6 Å². The Morgan fingerprint density at radius 3 is 2.65 bits per heavy atom. The maximum Gasteiger partial charge on any atom is 0.244 e. The molecule has 17 heavy (non-hydrogen) atoms. The van der Waals surface area contributed by atoms with E-state index >= 15 is 0 Å². The fourth-order valence-electron chi connectivity index (χ4n) is 1.79. The topological polar surface area (TPSA) is 63.4 Å². The molecule has 1 aromatic rings. The highest BCUT2D eigenvalue weighted by Crippen LogP contribution is 2.29. The molecule has 0 aliphatic carbocycles. The molecule has 0 aromatic heterocycles. The second kappa shape index (κ2) is 4.74. The maximum atomic E-state index is 12.3. The number of benzene rings is 1. The number of hydrogen-bond donors (Lipinski definition) is 1. The summed E-state index contributed by atoms with van der Waals surface area (Å²) in [4.78, 5) is 0.0424. The number of rotatable bonds is 2. The maximum absolute atomic E-state index is 12.3. The van der Waals surface area contributed by atoms with Gasteiger partial charge in [0.1, 0.15) is 4.90 Å². The zero-order chi connectivity index (χ0) is 12.6. The molecule has 1 saturated heterocycles. The lowest BCUT2D eigenvalue weighted by molar-refractivity contribution is 0.472. The summed E-state index contributed by atoms with van der Waals surface area (Å²) < 4.78 is 25.9. The lowest BCUT2D eigenvalue weighted by Gasteiger charge is -2.16.